The van der Waals surface area contributed by atoms with Crippen LogP contribution in [0.5, 0.6) is 0 Å². The largest absolute Gasteiger partial charge is 0.507 e. The van der Waals surface area contributed by atoms with Crippen molar-refractivity contribution in [1.29, 1.82) is 0 Å². The Hall–Kier alpha value is -2.90. The van der Waals surface area contributed by atoms with E-state index in [1.165, 1.54) is 0 Å². The zero-order valence-electron chi connectivity index (χ0n) is 16.5. The quantitative estimate of drug-likeness (QED) is 0.326. The van der Waals surface area contributed by atoms with E-state index in [1.807, 2.05) is 0 Å². The molecule has 0 aliphatic heterocycles. The van der Waals surface area contributed by atoms with E-state index in [2.05, 4.69) is 0 Å². The molecule has 188 valence electrons. The van der Waals surface area contributed by atoms with Gasteiger partial charge in [-0.1, -0.05) is 0 Å². The topological polar surface area (TPSA) is 40.5 Å². The molecule has 34 heavy (non-hydrogen) atoms. The number of rotatable bonds is 3. The van der Waals surface area contributed by atoms with Gasteiger partial charge in [-0.3, -0.25) is 0 Å². The van der Waals surface area contributed by atoms with Gasteiger partial charge in [-0.15, -0.1) is 0 Å². The van der Waals surface area contributed by atoms with Crippen molar-refractivity contribution >= 4 is 5.76 Å². The molecule has 0 bridgehead atoms. The fourth-order valence-corrected chi connectivity index (χ4v) is 2.84. The minimum absolute atomic E-state index is 0.0775. The Kier molecular flexibility index (Phi) is 7.00. The minimum Gasteiger partial charge on any atom is -0.507 e. The van der Waals surface area contributed by atoms with Crippen molar-refractivity contribution in [2.45, 2.75) is 37.7 Å². The van der Waals surface area contributed by atoms with E-state index in [9.17, 15) is 62.9 Å². The summed E-state index contributed by atoms with van der Waals surface area (Å²) in [5.41, 5.74) is -10.4. The van der Waals surface area contributed by atoms with Crippen LogP contribution in [0, 0.1) is 0 Å². The number of hydrogen-bond donors (Lipinski definition) is 2. The summed E-state index contributed by atoms with van der Waals surface area (Å²) in [5.74, 6) is -1.41. The molecule has 2 rings (SSSR count). The lowest BCUT2D eigenvalue weighted by Gasteiger charge is -2.19. The number of benzene rings is 2. The molecule has 0 amide bonds. The first-order valence-electron chi connectivity index (χ1n) is 8.79. The highest BCUT2D eigenvalue weighted by atomic mass is 19.4. The van der Waals surface area contributed by atoms with Crippen molar-refractivity contribution in [2.75, 3.05) is 0 Å². The van der Waals surface area contributed by atoms with Gasteiger partial charge in [-0.2, -0.15) is 52.7 Å². The summed E-state index contributed by atoms with van der Waals surface area (Å²) in [6, 6.07) is -0.154. The number of alkyl halides is 12. The minimum atomic E-state index is -5.30. The predicted octanol–water partition coefficient (Wildman–Crippen LogP) is 7.78. The van der Waals surface area contributed by atoms with Crippen molar-refractivity contribution in [3.05, 3.63) is 75.4 Å². The fourth-order valence-electron chi connectivity index (χ4n) is 2.84. The summed E-state index contributed by atoms with van der Waals surface area (Å²) in [4.78, 5) is 0. The maximum absolute atomic E-state index is 13.0. The summed E-state index contributed by atoms with van der Waals surface area (Å²) < 4.78 is 156. The molecule has 2 aromatic rings. The lowest BCUT2D eigenvalue weighted by molar-refractivity contribution is -0.144. The van der Waals surface area contributed by atoms with Crippen LogP contribution in [-0.4, -0.2) is 10.2 Å². The fraction of sp³-hybridized carbons (Fsp3) is 0.300. The van der Waals surface area contributed by atoms with Crippen LogP contribution in [0.1, 0.15) is 46.4 Å². The normalized spacial score (nSPS) is 15.2. The summed E-state index contributed by atoms with van der Waals surface area (Å²) in [6.07, 6.45) is -23.6. The van der Waals surface area contributed by atoms with Gasteiger partial charge in [0.05, 0.1) is 22.3 Å². The van der Waals surface area contributed by atoms with Crippen LogP contribution in [0.3, 0.4) is 0 Å². The Balaban J connectivity index is 2.70. The van der Waals surface area contributed by atoms with Crippen molar-refractivity contribution in [1.82, 2.24) is 0 Å². The van der Waals surface area contributed by atoms with Crippen molar-refractivity contribution in [3.63, 3.8) is 0 Å². The standard InChI is InChI=1S/C20H12F12O2/c1-8(15(33)9-2-11(17(21,22)23)6-12(3-9)18(24,25)26)16(34)10-4-13(19(27,28)29)7-14(5-10)20(30,31)32/h2-7,15,33-34H,1H3/b16-8-. The Morgan fingerprint density at radius 3 is 1.18 bits per heavy atom. The molecule has 0 fully saturated rings. The van der Waals surface area contributed by atoms with Crippen LogP contribution >= 0.6 is 0 Å². The van der Waals surface area contributed by atoms with Crippen LogP contribution in [-0.2, 0) is 24.7 Å². The van der Waals surface area contributed by atoms with Gasteiger partial charge in [-0.05, 0) is 48.9 Å². The number of aliphatic hydroxyl groups excluding tert-OH is 2. The Labute approximate surface area is 182 Å². The molecule has 2 N–H and O–H groups in total. The molecule has 0 saturated heterocycles. The van der Waals surface area contributed by atoms with E-state index < -0.39 is 75.5 Å². The van der Waals surface area contributed by atoms with Crippen molar-refractivity contribution in [2.24, 2.45) is 0 Å². The summed E-state index contributed by atoms with van der Waals surface area (Å²) in [7, 11) is 0. The van der Waals surface area contributed by atoms with Gasteiger partial charge in [0.1, 0.15) is 11.9 Å². The van der Waals surface area contributed by atoms with E-state index in [1.54, 1.807) is 0 Å². The van der Waals surface area contributed by atoms with Crippen LogP contribution in [0.15, 0.2) is 42.0 Å². The Morgan fingerprint density at radius 2 is 0.882 bits per heavy atom. The lowest BCUT2D eigenvalue weighted by Crippen LogP contribution is -2.14. The lowest BCUT2D eigenvalue weighted by atomic mass is 9.94. The van der Waals surface area contributed by atoms with Gasteiger partial charge in [-0.25, -0.2) is 0 Å². The van der Waals surface area contributed by atoms with Crippen LogP contribution in [0.4, 0.5) is 52.7 Å². The van der Waals surface area contributed by atoms with Gasteiger partial charge in [0, 0.05) is 11.1 Å². The Bertz CT molecular complexity index is 1020. The van der Waals surface area contributed by atoms with Crippen LogP contribution in [0.2, 0.25) is 0 Å². The SMILES string of the molecule is C/C(=C(/O)c1cc(C(F)(F)F)cc(C(F)(F)F)c1)C(O)c1cc(C(F)(F)F)cc(C(F)(F)F)c1. The van der Waals surface area contributed by atoms with E-state index in [-0.39, 0.29) is 36.4 Å². The smallest absolute Gasteiger partial charge is 0.416 e. The van der Waals surface area contributed by atoms with Gasteiger partial charge < -0.3 is 10.2 Å². The highest BCUT2D eigenvalue weighted by Gasteiger charge is 2.39. The molecule has 1 atom stereocenters. The molecule has 2 nitrogen and oxygen atoms in total. The van der Waals surface area contributed by atoms with Gasteiger partial charge in [0.15, 0.2) is 0 Å². The maximum Gasteiger partial charge on any atom is 0.416 e. The Morgan fingerprint density at radius 1 is 0.588 bits per heavy atom. The molecule has 0 aliphatic carbocycles. The van der Waals surface area contributed by atoms with E-state index in [4.69, 9.17) is 0 Å². The van der Waals surface area contributed by atoms with E-state index in [0.29, 0.717) is 6.92 Å². The molecule has 2 aromatic carbocycles. The summed E-state index contributed by atoms with van der Waals surface area (Å²) in [5, 5.41) is 20.5. The molecule has 0 aliphatic rings. The van der Waals surface area contributed by atoms with Gasteiger partial charge >= 0.3 is 24.7 Å². The molecule has 0 aromatic heterocycles. The third-order valence-electron chi connectivity index (χ3n) is 4.57. The average molecular weight is 512 g/mol. The third-order valence-corrected chi connectivity index (χ3v) is 4.57. The number of halogens is 12. The molecule has 0 heterocycles. The molecular weight excluding hydrogens is 500 g/mol. The monoisotopic (exact) mass is 512 g/mol. The molecule has 1 unspecified atom stereocenters. The second-order valence-electron chi connectivity index (χ2n) is 7.07. The predicted molar refractivity (Wildman–Crippen MR) is 93.1 cm³/mol. The highest BCUT2D eigenvalue weighted by Crippen LogP contribution is 2.41. The van der Waals surface area contributed by atoms with Crippen LogP contribution < -0.4 is 0 Å². The second-order valence-corrected chi connectivity index (χ2v) is 7.07. The number of aliphatic hydroxyl groups is 2. The third kappa shape index (κ3) is 6.15. The van der Waals surface area contributed by atoms with Gasteiger partial charge in [0.2, 0.25) is 0 Å². The van der Waals surface area contributed by atoms with Crippen LogP contribution in [0.25, 0.3) is 5.76 Å². The van der Waals surface area contributed by atoms with Crippen molar-refractivity contribution in [3.8, 4) is 0 Å². The summed E-state index contributed by atoms with van der Waals surface area (Å²) >= 11 is 0. The van der Waals surface area contributed by atoms with E-state index >= 15 is 0 Å². The molecule has 0 radical (unpaired) electrons. The molecule has 0 saturated carbocycles. The highest BCUT2D eigenvalue weighted by molar-refractivity contribution is 5.64. The molecule has 0 spiro atoms. The van der Waals surface area contributed by atoms with E-state index in [0.717, 1.165) is 0 Å². The first-order chi connectivity index (χ1) is 15.1. The zero-order valence-corrected chi connectivity index (χ0v) is 16.5. The summed E-state index contributed by atoms with van der Waals surface area (Å²) in [6.45, 7) is 0.709. The first-order valence-corrected chi connectivity index (χ1v) is 8.79. The molecular formula is C20H12F12O2. The second kappa shape index (κ2) is 8.71. The van der Waals surface area contributed by atoms with Crippen molar-refractivity contribution < 1.29 is 62.9 Å². The first kappa shape index (κ1) is 27.3. The number of hydrogen-bond acceptors (Lipinski definition) is 2. The molecule has 14 heteroatoms. The van der Waals surface area contributed by atoms with Gasteiger partial charge in [0.25, 0.3) is 0 Å². The maximum atomic E-state index is 13.0. The zero-order chi connectivity index (χ0) is 26.4. The average Bonchev–Trinajstić information content (AvgIpc) is 2.68.